The highest BCUT2D eigenvalue weighted by molar-refractivity contribution is 8.00. The Morgan fingerprint density at radius 1 is 1.19 bits per heavy atom. The van der Waals surface area contributed by atoms with Crippen LogP contribution in [0, 0.1) is 0 Å². The molecule has 1 aliphatic rings. The number of aromatic nitrogens is 2. The van der Waals surface area contributed by atoms with Gasteiger partial charge in [0.05, 0.1) is 20.0 Å². The fraction of sp³-hybridized carbons (Fsp3) is 0.522. The summed E-state index contributed by atoms with van der Waals surface area (Å²) < 4.78 is 12.4. The van der Waals surface area contributed by atoms with Gasteiger partial charge in [0.1, 0.15) is 5.03 Å². The van der Waals surface area contributed by atoms with Crippen molar-refractivity contribution >= 4 is 23.4 Å². The van der Waals surface area contributed by atoms with Crippen molar-refractivity contribution in [1.29, 1.82) is 0 Å². The highest BCUT2D eigenvalue weighted by atomic mass is 32.2. The molecule has 1 amide bonds. The number of anilines is 1. The van der Waals surface area contributed by atoms with Crippen LogP contribution in [-0.2, 0) is 24.2 Å². The van der Waals surface area contributed by atoms with Crippen molar-refractivity contribution in [2.45, 2.75) is 43.7 Å². The monoisotopic (exact) mass is 460 g/mol. The Balaban J connectivity index is 1.70. The van der Waals surface area contributed by atoms with Gasteiger partial charge in [0.15, 0.2) is 11.5 Å². The summed E-state index contributed by atoms with van der Waals surface area (Å²) in [6, 6.07) is 5.23. The van der Waals surface area contributed by atoms with E-state index >= 15 is 0 Å². The zero-order valence-corrected chi connectivity index (χ0v) is 20.1. The number of hydrogen-bond acceptors (Lipinski definition) is 7. The lowest BCUT2D eigenvalue weighted by molar-refractivity contribution is -0.113. The molecule has 0 unspecified atom stereocenters. The van der Waals surface area contributed by atoms with Crippen LogP contribution in [0.3, 0.4) is 0 Å². The molecule has 1 aromatic carbocycles. The molecule has 0 fully saturated rings. The number of hydrogen-bond donors (Lipinski definition) is 1. The zero-order chi connectivity index (χ0) is 23.1. The average Bonchev–Trinajstić information content (AvgIpc) is 2.79. The second-order valence-electron chi connectivity index (χ2n) is 8.05. The van der Waals surface area contributed by atoms with E-state index in [4.69, 9.17) is 9.47 Å². The maximum absolute atomic E-state index is 12.8. The van der Waals surface area contributed by atoms with Gasteiger partial charge in [-0.15, -0.1) is 0 Å². The molecular formula is C23H32N4O4S. The lowest BCUT2D eigenvalue weighted by Crippen LogP contribution is -2.31. The molecule has 0 bridgehead atoms. The Bertz CT molecular complexity index is 1010. The van der Waals surface area contributed by atoms with E-state index in [-0.39, 0.29) is 17.3 Å². The maximum atomic E-state index is 12.8. The first kappa shape index (κ1) is 24.1. The van der Waals surface area contributed by atoms with Gasteiger partial charge in [0.2, 0.25) is 5.91 Å². The van der Waals surface area contributed by atoms with Gasteiger partial charge in [-0.2, -0.15) is 4.98 Å². The van der Waals surface area contributed by atoms with Crippen LogP contribution in [0.5, 0.6) is 11.5 Å². The molecular weight excluding hydrogens is 428 g/mol. The smallest absolute Gasteiger partial charge is 0.348 e. The van der Waals surface area contributed by atoms with Crippen molar-refractivity contribution in [1.82, 2.24) is 14.5 Å². The number of thioether (sulfide) groups is 1. The second-order valence-corrected chi connectivity index (χ2v) is 9.01. The van der Waals surface area contributed by atoms with E-state index in [0.29, 0.717) is 28.8 Å². The first-order valence-corrected chi connectivity index (χ1v) is 11.8. The lowest BCUT2D eigenvalue weighted by Gasteiger charge is -2.23. The van der Waals surface area contributed by atoms with Crippen LogP contribution in [0.25, 0.3) is 0 Å². The van der Waals surface area contributed by atoms with Crippen LogP contribution in [0.1, 0.15) is 30.5 Å². The van der Waals surface area contributed by atoms with Crippen molar-refractivity contribution in [3.05, 3.63) is 39.9 Å². The minimum Gasteiger partial charge on any atom is -0.493 e. The normalized spacial score (nSPS) is 13.0. The van der Waals surface area contributed by atoms with Gasteiger partial charge in [0.25, 0.3) is 0 Å². The molecule has 0 saturated heterocycles. The molecule has 174 valence electrons. The van der Waals surface area contributed by atoms with E-state index < -0.39 is 0 Å². The third kappa shape index (κ3) is 6.04. The van der Waals surface area contributed by atoms with Crippen LogP contribution in [0.2, 0.25) is 0 Å². The summed E-state index contributed by atoms with van der Waals surface area (Å²) in [6.45, 7) is 1.60. The molecule has 8 nitrogen and oxygen atoms in total. The number of methoxy groups -OCH3 is 2. The van der Waals surface area contributed by atoms with Gasteiger partial charge < -0.3 is 19.7 Å². The molecule has 0 aliphatic heterocycles. The number of ether oxygens (including phenoxy) is 2. The van der Waals surface area contributed by atoms with Gasteiger partial charge in [0, 0.05) is 29.6 Å². The van der Waals surface area contributed by atoms with Gasteiger partial charge in [-0.3, -0.25) is 9.36 Å². The molecule has 2 aromatic rings. The fourth-order valence-corrected chi connectivity index (χ4v) is 4.76. The Morgan fingerprint density at radius 2 is 1.94 bits per heavy atom. The SMILES string of the molecule is COc1ccc(NC(=O)CSc2nc(=O)n(CCCN(C)C)c3c2CCCC3)cc1OC. The number of benzene rings is 1. The molecule has 1 heterocycles. The fourth-order valence-electron chi connectivity index (χ4n) is 3.89. The van der Waals surface area contributed by atoms with Crippen molar-refractivity contribution in [3.63, 3.8) is 0 Å². The Kier molecular flexibility index (Phi) is 8.58. The summed E-state index contributed by atoms with van der Waals surface area (Å²) in [4.78, 5) is 31.8. The Labute approximate surface area is 193 Å². The topological polar surface area (TPSA) is 85.7 Å². The minimum atomic E-state index is -0.216. The summed E-state index contributed by atoms with van der Waals surface area (Å²) >= 11 is 1.33. The molecule has 1 aromatic heterocycles. The van der Waals surface area contributed by atoms with Crippen molar-refractivity contribution in [2.75, 3.05) is 45.9 Å². The first-order chi connectivity index (χ1) is 15.4. The third-order valence-corrected chi connectivity index (χ3v) is 6.46. The standard InChI is InChI=1S/C23H32N4O4S/c1-26(2)12-7-13-27-18-9-6-5-8-17(18)22(25-23(27)29)32-15-21(28)24-16-10-11-19(30-3)20(14-16)31-4/h10-11,14H,5-9,12-13,15H2,1-4H3,(H,24,28). The van der Waals surface area contributed by atoms with Crippen molar-refractivity contribution in [3.8, 4) is 11.5 Å². The zero-order valence-electron chi connectivity index (χ0n) is 19.3. The Hall–Kier alpha value is -2.52. The van der Waals surface area contributed by atoms with Crippen molar-refractivity contribution < 1.29 is 14.3 Å². The molecule has 3 rings (SSSR count). The van der Waals surface area contributed by atoms with E-state index in [2.05, 4.69) is 15.2 Å². The quantitative estimate of drug-likeness (QED) is 0.431. The predicted octanol–water partition coefficient (Wildman–Crippen LogP) is 2.82. The van der Waals surface area contributed by atoms with Crippen LogP contribution >= 0.6 is 11.8 Å². The molecule has 0 radical (unpaired) electrons. The number of nitrogens with one attached hydrogen (secondary N) is 1. The Morgan fingerprint density at radius 3 is 2.66 bits per heavy atom. The largest absolute Gasteiger partial charge is 0.493 e. The van der Waals surface area contributed by atoms with Crippen LogP contribution < -0.4 is 20.5 Å². The second kappa shape index (κ2) is 11.4. The minimum absolute atomic E-state index is 0.163. The summed E-state index contributed by atoms with van der Waals surface area (Å²) in [6.07, 6.45) is 4.85. The highest BCUT2D eigenvalue weighted by Gasteiger charge is 2.21. The van der Waals surface area contributed by atoms with Crippen molar-refractivity contribution in [2.24, 2.45) is 0 Å². The number of nitrogens with zero attached hydrogens (tertiary/aromatic N) is 3. The van der Waals surface area contributed by atoms with E-state index in [1.165, 1.54) is 11.8 Å². The number of rotatable bonds is 10. The molecule has 32 heavy (non-hydrogen) atoms. The molecule has 9 heteroatoms. The molecule has 1 aliphatic carbocycles. The number of carbonyl (C=O) groups excluding carboxylic acids is 1. The maximum Gasteiger partial charge on any atom is 0.348 e. The van der Waals surface area contributed by atoms with Gasteiger partial charge in [-0.1, -0.05) is 11.8 Å². The average molecular weight is 461 g/mol. The first-order valence-electron chi connectivity index (χ1n) is 10.8. The lowest BCUT2D eigenvalue weighted by atomic mass is 9.97. The van der Waals surface area contributed by atoms with Crippen LogP contribution in [0.4, 0.5) is 5.69 Å². The molecule has 0 atom stereocenters. The molecule has 0 spiro atoms. The summed E-state index contributed by atoms with van der Waals surface area (Å²) in [5.41, 5.74) is 2.63. The number of amides is 1. The van der Waals surface area contributed by atoms with Crippen LogP contribution in [-0.4, -0.2) is 61.0 Å². The van der Waals surface area contributed by atoms with E-state index in [9.17, 15) is 9.59 Å². The van der Waals surface area contributed by atoms with Gasteiger partial charge in [-0.05, 0) is 64.9 Å². The molecule has 0 saturated carbocycles. The van der Waals surface area contributed by atoms with Crippen LogP contribution in [0.15, 0.2) is 28.0 Å². The number of fused-ring (bicyclic) bond motifs is 1. The van der Waals surface area contributed by atoms with E-state index in [0.717, 1.165) is 49.9 Å². The molecule has 1 N–H and O–H groups in total. The third-order valence-electron chi connectivity index (χ3n) is 5.45. The highest BCUT2D eigenvalue weighted by Crippen LogP contribution is 2.31. The predicted molar refractivity (Wildman–Crippen MR) is 127 cm³/mol. The summed E-state index contributed by atoms with van der Waals surface area (Å²) in [5.74, 6) is 1.16. The van der Waals surface area contributed by atoms with Gasteiger partial charge in [-0.25, -0.2) is 4.79 Å². The summed E-state index contributed by atoms with van der Waals surface area (Å²) in [5, 5.41) is 3.56. The van der Waals surface area contributed by atoms with E-state index in [1.54, 1.807) is 32.4 Å². The van der Waals surface area contributed by atoms with E-state index in [1.807, 2.05) is 18.7 Å². The number of carbonyl (C=O) groups is 1. The summed E-state index contributed by atoms with van der Waals surface area (Å²) in [7, 11) is 7.18. The van der Waals surface area contributed by atoms with Gasteiger partial charge >= 0.3 is 5.69 Å².